The first-order chi connectivity index (χ1) is 12.0. The van der Waals surface area contributed by atoms with Gasteiger partial charge >= 0.3 is 0 Å². The van der Waals surface area contributed by atoms with Crippen molar-refractivity contribution in [2.45, 2.75) is 44.6 Å². The Hall–Kier alpha value is -2.26. The van der Waals surface area contributed by atoms with Crippen molar-refractivity contribution < 1.29 is 9.18 Å². The second-order valence-corrected chi connectivity index (χ2v) is 7.69. The molecule has 4 nitrogen and oxygen atoms in total. The molecule has 1 N–H and O–H groups in total. The Labute approximate surface area is 150 Å². The van der Waals surface area contributed by atoms with Crippen LogP contribution in [-0.2, 0) is 6.42 Å². The summed E-state index contributed by atoms with van der Waals surface area (Å²) in [6, 6.07) is 8.85. The number of carbonyl (C=O) groups is 1. The normalized spacial score (nSPS) is 23.0. The summed E-state index contributed by atoms with van der Waals surface area (Å²) in [5.41, 5.74) is 0.0481. The third-order valence-electron chi connectivity index (χ3n) is 4.65. The number of thiazole rings is 1. The van der Waals surface area contributed by atoms with Gasteiger partial charge in [-0.25, -0.2) is 9.37 Å². The fourth-order valence-corrected chi connectivity index (χ4v) is 4.17. The van der Waals surface area contributed by atoms with Crippen molar-refractivity contribution in [1.82, 2.24) is 10.3 Å². The van der Waals surface area contributed by atoms with E-state index in [0.717, 1.165) is 12.8 Å². The number of carbonyl (C=O) groups excluding carboxylic acids is 1. The van der Waals surface area contributed by atoms with Gasteiger partial charge in [0.05, 0.1) is 11.1 Å². The molecule has 2 atom stereocenters. The highest BCUT2D eigenvalue weighted by Crippen LogP contribution is 2.32. The molecule has 1 amide bonds. The number of halogens is 1. The topological polar surface area (TPSA) is 65.8 Å². The molecule has 1 saturated carbocycles. The van der Waals surface area contributed by atoms with Crippen LogP contribution in [0.2, 0.25) is 0 Å². The van der Waals surface area contributed by atoms with E-state index in [1.54, 1.807) is 23.6 Å². The summed E-state index contributed by atoms with van der Waals surface area (Å²) in [5, 5.41) is 14.8. The van der Waals surface area contributed by atoms with Gasteiger partial charge in [-0.15, -0.1) is 11.3 Å². The lowest BCUT2D eigenvalue weighted by Crippen LogP contribution is -2.50. The van der Waals surface area contributed by atoms with Gasteiger partial charge in [0.15, 0.2) is 0 Å². The summed E-state index contributed by atoms with van der Waals surface area (Å²) >= 11 is 1.33. The Balaban J connectivity index is 1.70. The van der Waals surface area contributed by atoms with Gasteiger partial charge in [0.1, 0.15) is 17.1 Å². The molecule has 6 heteroatoms. The van der Waals surface area contributed by atoms with Gasteiger partial charge in [0, 0.05) is 11.8 Å². The van der Waals surface area contributed by atoms with Crippen LogP contribution in [0.1, 0.15) is 53.7 Å². The van der Waals surface area contributed by atoms with E-state index in [4.69, 9.17) is 0 Å². The molecule has 1 aliphatic rings. The second kappa shape index (κ2) is 7.32. The van der Waals surface area contributed by atoms with Crippen LogP contribution in [0, 0.1) is 23.1 Å². The molecule has 0 unspecified atom stereocenters. The van der Waals surface area contributed by atoms with Crippen molar-refractivity contribution in [3.63, 3.8) is 0 Å². The molecule has 1 aliphatic carbocycles. The maximum atomic E-state index is 13.7. The highest BCUT2D eigenvalue weighted by molar-refractivity contribution is 7.09. The molecular weight excluding hydrogens is 337 g/mol. The molecular formula is C19H20FN3OS. The number of benzene rings is 1. The first-order valence-corrected chi connectivity index (χ1v) is 9.31. The number of rotatable bonds is 4. The van der Waals surface area contributed by atoms with Crippen LogP contribution in [-0.4, -0.2) is 16.4 Å². The van der Waals surface area contributed by atoms with Crippen LogP contribution in [0.25, 0.3) is 0 Å². The Morgan fingerprint density at radius 3 is 3.04 bits per heavy atom. The molecule has 25 heavy (non-hydrogen) atoms. The summed E-state index contributed by atoms with van der Waals surface area (Å²) in [5.74, 6) is -0.184. The Bertz CT molecular complexity index is 813. The number of nitriles is 1. The third kappa shape index (κ3) is 4.05. The van der Waals surface area contributed by atoms with Gasteiger partial charge in [-0.1, -0.05) is 31.5 Å². The summed E-state index contributed by atoms with van der Waals surface area (Å²) in [7, 11) is 0. The van der Waals surface area contributed by atoms with Crippen LogP contribution in [0.5, 0.6) is 0 Å². The van der Waals surface area contributed by atoms with Crippen molar-refractivity contribution in [2.24, 2.45) is 5.92 Å². The van der Waals surface area contributed by atoms with Gasteiger partial charge in [0.2, 0.25) is 0 Å². The van der Waals surface area contributed by atoms with E-state index in [1.165, 1.54) is 17.4 Å². The monoisotopic (exact) mass is 357 g/mol. The minimum atomic E-state index is -0.802. The number of nitrogens with one attached hydrogen (secondary N) is 1. The molecule has 0 aliphatic heterocycles. The minimum Gasteiger partial charge on any atom is -0.332 e. The van der Waals surface area contributed by atoms with E-state index >= 15 is 0 Å². The predicted molar refractivity (Wildman–Crippen MR) is 94.8 cm³/mol. The SMILES string of the molecule is C[C@@H]1CCC[C@@](C#N)(NC(=O)c2csc(Cc3ccccc3F)n2)C1. The number of nitrogens with zero attached hydrogens (tertiary/aromatic N) is 2. The van der Waals surface area contributed by atoms with Gasteiger partial charge in [0.25, 0.3) is 5.91 Å². The largest absolute Gasteiger partial charge is 0.332 e. The van der Waals surface area contributed by atoms with Crippen molar-refractivity contribution in [3.05, 3.63) is 51.7 Å². The zero-order chi connectivity index (χ0) is 17.9. The quantitative estimate of drug-likeness (QED) is 0.897. The van der Waals surface area contributed by atoms with Crippen LogP contribution in [0.3, 0.4) is 0 Å². The predicted octanol–water partition coefficient (Wildman–Crippen LogP) is 4.08. The number of aromatic nitrogens is 1. The molecule has 0 bridgehead atoms. The van der Waals surface area contributed by atoms with Gasteiger partial charge < -0.3 is 5.32 Å². The Morgan fingerprint density at radius 2 is 2.32 bits per heavy atom. The summed E-state index contributed by atoms with van der Waals surface area (Å²) in [6.07, 6.45) is 3.71. The minimum absolute atomic E-state index is 0.275. The lowest BCUT2D eigenvalue weighted by Gasteiger charge is -2.34. The van der Waals surface area contributed by atoms with Gasteiger partial charge in [-0.05, 0) is 36.8 Å². The molecule has 130 valence electrons. The average molecular weight is 357 g/mol. The first kappa shape index (κ1) is 17.6. The highest BCUT2D eigenvalue weighted by Gasteiger charge is 2.37. The lowest BCUT2D eigenvalue weighted by atomic mass is 9.77. The lowest BCUT2D eigenvalue weighted by molar-refractivity contribution is 0.0886. The average Bonchev–Trinajstić information content (AvgIpc) is 3.06. The molecule has 0 radical (unpaired) electrons. The van der Waals surface area contributed by atoms with E-state index in [0.29, 0.717) is 41.4 Å². The summed E-state index contributed by atoms with van der Waals surface area (Å²) in [4.78, 5) is 16.9. The number of hydrogen-bond acceptors (Lipinski definition) is 4. The number of amides is 1. The molecule has 0 spiro atoms. The second-order valence-electron chi connectivity index (χ2n) is 6.74. The fourth-order valence-electron chi connectivity index (χ4n) is 3.38. The van der Waals surface area contributed by atoms with Crippen LogP contribution in [0.4, 0.5) is 4.39 Å². The van der Waals surface area contributed by atoms with Crippen molar-refractivity contribution in [2.75, 3.05) is 0 Å². The molecule has 2 aromatic rings. The highest BCUT2D eigenvalue weighted by atomic mass is 32.1. The maximum Gasteiger partial charge on any atom is 0.272 e. The fraction of sp³-hybridized carbons (Fsp3) is 0.421. The van der Waals surface area contributed by atoms with E-state index < -0.39 is 5.54 Å². The van der Waals surface area contributed by atoms with Crippen LogP contribution in [0.15, 0.2) is 29.6 Å². The van der Waals surface area contributed by atoms with Crippen molar-refractivity contribution in [1.29, 1.82) is 5.26 Å². The van der Waals surface area contributed by atoms with Crippen LogP contribution < -0.4 is 5.32 Å². The molecule has 0 saturated heterocycles. The number of hydrogen-bond donors (Lipinski definition) is 1. The molecule has 1 aromatic carbocycles. The zero-order valence-corrected chi connectivity index (χ0v) is 14.9. The summed E-state index contributed by atoms with van der Waals surface area (Å²) in [6.45, 7) is 2.10. The smallest absolute Gasteiger partial charge is 0.272 e. The van der Waals surface area contributed by atoms with Crippen LogP contribution >= 0.6 is 11.3 Å². The van der Waals surface area contributed by atoms with E-state index in [1.807, 2.05) is 0 Å². The van der Waals surface area contributed by atoms with Gasteiger partial charge in [-0.3, -0.25) is 4.79 Å². The first-order valence-electron chi connectivity index (χ1n) is 8.43. The standard InChI is InChI=1S/C19H20FN3OS/c1-13-5-4-8-19(10-13,12-21)23-18(24)16-11-25-17(22-16)9-14-6-2-3-7-15(14)20/h2-3,6-7,11,13H,4-5,8-10H2,1H3,(H,23,24)/t13-,19-/m1/s1. The molecule has 3 rings (SSSR count). The summed E-state index contributed by atoms with van der Waals surface area (Å²) < 4.78 is 13.7. The van der Waals surface area contributed by atoms with E-state index in [2.05, 4.69) is 23.3 Å². The van der Waals surface area contributed by atoms with Crippen molar-refractivity contribution >= 4 is 17.2 Å². The molecule has 1 heterocycles. The maximum absolute atomic E-state index is 13.7. The zero-order valence-electron chi connectivity index (χ0n) is 14.1. The van der Waals surface area contributed by atoms with E-state index in [9.17, 15) is 14.4 Å². The Morgan fingerprint density at radius 1 is 1.52 bits per heavy atom. The molecule has 1 fully saturated rings. The molecule has 1 aromatic heterocycles. The third-order valence-corrected chi connectivity index (χ3v) is 5.50. The van der Waals surface area contributed by atoms with Gasteiger partial charge in [-0.2, -0.15) is 5.26 Å². The van der Waals surface area contributed by atoms with Crippen molar-refractivity contribution in [3.8, 4) is 6.07 Å². The van der Waals surface area contributed by atoms with E-state index in [-0.39, 0.29) is 11.7 Å². The Kier molecular flexibility index (Phi) is 5.14.